The van der Waals surface area contributed by atoms with Gasteiger partial charge in [-0.1, -0.05) is 38.1 Å². The molecule has 0 saturated heterocycles. The zero-order valence-corrected chi connectivity index (χ0v) is 10.3. The van der Waals surface area contributed by atoms with Crippen LogP contribution in [0.15, 0.2) is 24.3 Å². The molecule has 1 aromatic carbocycles. The highest BCUT2D eigenvalue weighted by Gasteiger charge is 2.30. The van der Waals surface area contributed by atoms with E-state index >= 15 is 0 Å². The van der Waals surface area contributed by atoms with Gasteiger partial charge in [0.1, 0.15) is 0 Å². The Labute approximate surface area is 97.6 Å². The van der Waals surface area contributed by atoms with Gasteiger partial charge in [-0.15, -0.1) is 11.6 Å². The SMILES string of the molecule is CC(C)Cc1ccc(C(Cl)C2CC2)cc1. The second-order valence-corrected chi connectivity index (χ2v) is 5.55. The van der Waals surface area contributed by atoms with Gasteiger partial charge in [-0.05, 0) is 42.2 Å². The Balaban J connectivity index is 2.02. The van der Waals surface area contributed by atoms with Gasteiger partial charge in [-0.3, -0.25) is 0 Å². The normalized spacial score (nSPS) is 18.1. The third kappa shape index (κ3) is 2.98. The molecule has 1 unspecified atom stereocenters. The highest BCUT2D eigenvalue weighted by molar-refractivity contribution is 6.21. The molecule has 0 aliphatic heterocycles. The van der Waals surface area contributed by atoms with Crippen molar-refractivity contribution in [3.8, 4) is 0 Å². The fourth-order valence-corrected chi connectivity index (χ4v) is 2.37. The molecule has 1 heteroatoms. The number of benzene rings is 1. The van der Waals surface area contributed by atoms with Crippen molar-refractivity contribution < 1.29 is 0 Å². The van der Waals surface area contributed by atoms with Crippen molar-refractivity contribution in [3.63, 3.8) is 0 Å². The quantitative estimate of drug-likeness (QED) is 0.655. The number of rotatable bonds is 4. The van der Waals surface area contributed by atoms with E-state index in [9.17, 15) is 0 Å². The summed E-state index contributed by atoms with van der Waals surface area (Å²) in [5.41, 5.74) is 2.72. The van der Waals surface area contributed by atoms with E-state index in [4.69, 9.17) is 11.6 Å². The predicted octanol–water partition coefficient (Wildman–Crippen LogP) is 4.58. The van der Waals surface area contributed by atoms with Gasteiger partial charge in [-0.2, -0.15) is 0 Å². The lowest BCUT2D eigenvalue weighted by Crippen LogP contribution is -1.96. The first-order chi connectivity index (χ1) is 7.16. The number of hydrogen-bond donors (Lipinski definition) is 0. The van der Waals surface area contributed by atoms with E-state index in [0.29, 0.717) is 0 Å². The van der Waals surface area contributed by atoms with Crippen LogP contribution >= 0.6 is 11.6 Å². The molecule has 1 aliphatic rings. The van der Waals surface area contributed by atoms with E-state index in [-0.39, 0.29) is 5.38 Å². The Hall–Kier alpha value is -0.490. The Morgan fingerprint density at radius 3 is 2.27 bits per heavy atom. The Morgan fingerprint density at radius 1 is 1.20 bits per heavy atom. The van der Waals surface area contributed by atoms with Crippen LogP contribution in [0, 0.1) is 11.8 Å². The highest BCUT2D eigenvalue weighted by atomic mass is 35.5. The van der Waals surface area contributed by atoms with Crippen molar-refractivity contribution in [3.05, 3.63) is 35.4 Å². The first-order valence-electron chi connectivity index (χ1n) is 5.89. The third-order valence-corrected chi connectivity index (χ3v) is 3.59. The van der Waals surface area contributed by atoms with E-state index in [1.54, 1.807) is 0 Å². The molecule has 0 aromatic heterocycles. The van der Waals surface area contributed by atoms with Crippen LogP contribution in [0.2, 0.25) is 0 Å². The summed E-state index contributed by atoms with van der Waals surface area (Å²) in [4.78, 5) is 0. The third-order valence-electron chi connectivity index (χ3n) is 2.98. The van der Waals surface area contributed by atoms with Gasteiger partial charge < -0.3 is 0 Å². The van der Waals surface area contributed by atoms with Gasteiger partial charge in [0.25, 0.3) is 0 Å². The first kappa shape index (κ1) is 11.0. The molecule has 1 aliphatic carbocycles. The fraction of sp³-hybridized carbons (Fsp3) is 0.571. The monoisotopic (exact) mass is 222 g/mol. The summed E-state index contributed by atoms with van der Waals surface area (Å²) in [6.45, 7) is 4.50. The van der Waals surface area contributed by atoms with Gasteiger partial charge >= 0.3 is 0 Å². The topological polar surface area (TPSA) is 0 Å². The van der Waals surface area contributed by atoms with Crippen molar-refractivity contribution >= 4 is 11.6 Å². The smallest absolute Gasteiger partial charge is 0.0613 e. The van der Waals surface area contributed by atoms with Crippen LogP contribution in [0.1, 0.15) is 43.2 Å². The minimum Gasteiger partial charge on any atom is -0.118 e. The molecule has 0 spiro atoms. The van der Waals surface area contributed by atoms with E-state index in [1.807, 2.05) is 0 Å². The molecule has 1 fully saturated rings. The van der Waals surface area contributed by atoms with Crippen molar-refractivity contribution in [1.82, 2.24) is 0 Å². The van der Waals surface area contributed by atoms with Crippen molar-refractivity contribution in [2.45, 2.75) is 38.5 Å². The molecule has 0 radical (unpaired) electrons. The average molecular weight is 223 g/mol. The van der Waals surface area contributed by atoms with Crippen LogP contribution in [0.3, 0.4) is 0 Å². The van der Waals surface area contributed by atoms with Gasteiger partial charge in [0.05, 0.1) is 5.38 Å². The second kappa shape index (κ2) is 4.57. The van der Waals surface area contributed by atoms with Gasteiger partial charge in [0.15, 0.2) is 0 Å². The molecule has 15 heavy (non-hydrogen) atoms. The zero-order valence-electron chi connectivity index (χ0n) is 9.54. The lowest BCUT2D eigenvalue weighted by molar-refractivity contribution is 0.647. The lowest BCUT2D eigenvalue weighted by atomic mass is 10.00. The average Bonchev–Trinajstić information content (AvgIpc) is 3.00. The fourth-order valence-electron chi connectivity index (χ4n) is 1.97. The molecule has 0 heterocycles. The van der Waals surface area contributed by atoms with E-state index in [2.05, 4.69) is 38.1 Å². The molecule has 1 aromatic rings. The molecule has 0 nitrogen and oxygen atoms in total. The van der Waals surface area contributed by atoms with Crippen LogP contribution in [0.4, 0.5) is 0 Å². The maximum Gasteiger partial charge on any atom is 0.0613 e. The van der Waals surface area contributed by atoms with Crippen molar-refractivity contribution in [2.24, 2.45) is 11.8 Å². The van der Waals surface area contributed by atoms with Crippen molar-refractivity contribution in [1.29, 1.82) is 0 Å². The molecule has 0 N–H and O–H groups in total. The summed E-state index contributed by atoms with van der Waals surface area (Å²) < 4.78 is 0. The van der Waals surface area contributed by atoms with Gasteiger partial charge in [0.2, 0.25) is 0 Å². The van der Waals surface area contributed by atoms with Crippen LogP contribution in [0.5, 0.6) is 0 Å². The van der Waals surface area contributed by atoms with Crippen LogP contribution in [-0.2, 0) is 6.42 Å². The maximum atomic E-state index is 6.36. The Bertz CT molecular complexity index is 309. The molecule has 2 rings (SSSR count). The Morgan fingerprint density at radius 2 is 1.80 bits per heavy atom. The van der Waals surface area contributed by atoms with E-state index in [1.165, 1.54) is 24.0 Å². The summed E-state index contributed by atoms with van der Waals surface area (Å²) in [6, 6.07) is 8.86. The second-order valence-electron chi connectivity index (χ2n) is 5.08. The van der Waals surface area contributed by atoms with Crippen LogP contribution in [0.25, 0.3) is 0 Å². The van der Waals surface area contributed by atoms with Crippen LogP contribution in [-0.4, -0.2) is 0 Å². The summed E-state index contributed by atoms with van der Waals surface area (Å²) in [5, 5.41) is 0.248. The van der Waals surface area contributed by atoms with Crippen LogP contribution < -0.4 is 0 Å². The molecule has 0 amide bonds. The largest absolute Gasteiger partial charge is 0.118 e. The standard InChI is InChI=1S/C14H19Cl/c1-10(2)9-11-3-5-12(6-4-11)14(15)13-7-8-13/h3-6,10,13-14H,7-9H2,1-2H3. The molecule has 1 atom stereocenters. The number of halogens is 1. The lowest BCUT2D eigenvalue weighted by Gasteiger charge is -2.10. The summed E-state index contributed by atoms with van der Waals surface area (Å²) in [6.07, 6.45) is 3.78. The Kier molecular flexibility index (Phi) is 3.35. The van der Waals surface area contributed by atoms with Gasteiger partial charge in [-0.25, -0.2) is 0 Å². The first-order valence-corrected chi connectivity index (χ1v) is 6.33. The summed E-state index contributed by atoms with van der Waals surface area (Å²) in [5.74, 6) is 1.47. The predicted molar refractivity (Wildman–Crippen MR) is 66.3 cm³/mol. The molecular formula is C14H19Cl. The molecule has 1 saturated carbocycles. The zero-order chi connectivity index (χ0) is 10.8. The minimum atomic E-state index is 0.248. The molecule has 82 valence electrons. The highest BCUT2D eigenvalue weighted by Crippen LogP contribution is 2.44. The summed E-state index contributed by atoms with van der Waals surface area (Å²) >= 11 is 6.36. The minimum absolute atomic E-state index is 0.248. The van der Waals surface area contributed by atoms with Crippen molar-refractivity contribution in [2.75, 3.05) is 0 Å². The number of hydrogen-bond acceptors (Lipinski definition) is 0. The maximum absolute atomic E-state index is 6.36. The van der Waals surface area contributed by atoms with Gasteiger partial charge in [0, 0.05) is 0 Å². The number of alkyl halides is 1. The molecule has 0 bridgehead atoms. The van der Waals surface area contributed by atoms with E-state index in [0.717, 1.165) is 18.3 Å². The summed E-state index contributed by atoms with van der Waals surface area (Å²) in [7, 11) is 0. The molecular weight excluding hydrogens is 204 g/mol. The van der Waals surface area contributed by atoms with E-state index < -0.39 is 0 Å².